The van der Waals surface area contributed by atoms with E-state index in [1.54, 1.807) is 67.5 Å². The van der Waals surface area contributed by atoms with Crippen molar-refractivity contribution in [2.75, 3.05) is 33.0 Å². The van der Waals surface area contributed by atoms with Crippen LogP contribution in [0.3, 0.4) is 0 Å². The molecule has 0 amide bonds. The van der Waals surface area contributed by atoms with Crippen LogP contribution in [0.2, 0.25) is 0 Å². The van der Waals surface area contributed by atoms with E-state index in [2.05, 4.69) is 19.7 Å². The number of esters is 7. The minimum atomic E-state index is -1.05. The lowest BCUT2D eigenvalue weighted by Crippen LogP contribution is -2.49. The fourth-order valence-electron chi connectivity index (χ4n) is 12.3. The zero-order valence-electron chi connectivity index (χ0n) is 53.8. The van der Waals surface area contributed by atoms with E-state index in [0.29, 0.717) is 30.6 Å². The highest BCUT2D eigenvalue weighted by molar-refractivity contribution is 5.90. The number of ether oxygens (including phenoxy) is 13. The number of carbonyl (C=O) groups is 7. The van der Waals surface area contributed by atoms with Crippen LogP contribution < -0.4 is 0 Å². The lowest BCUT2D eigenvalue weighted by atomic mass is 9.50. The molecular formula is C66H98O20. The minimum absolute atomic E-state index is 0.00403. The minimum Gasteiger partial charge on any atom is -0.465 e. The van der Waals surface area contributed by atoms with E-state index in [0.717, 1.165) is 28.9 Å². The summed E-state index contributed by atoms with van der Waals surface area (Å²) in [5.41, 5.74) is 2.06. The summed E-state index contributed by atoms with van der Waals surface area (Å²) in [5.74, 6) is -3.20. The molecule has 6 unspecified atom stereocenters. The van der Waals surface area contributed by atoms with Gasteiger partial charge in [0.05, 0.1) is 62.0 Å². The van der Waals surface area contributed by atoms with Crippen LogP contribution in [-0.4, -0.2) is 140 Å². The summed E-state index contributed by atoms with van der Waals surface area (Å²) < 4.78 is 71.9. The zero-order chi connectivity index (χ0) is 64.2. The van der Waals surface area contributed by atoms with Crippen molar-refractivity contribution in [1.29, 1.82) is 0 Å². The van der Waals surface area contributed by atoms with Gasteiger partial charge in [0, 0.05) is 35.8 Å². The van der Waals surface area contributed by atoms with Crippen LogP contribution >= 0.6 is 0 Å². The Morgan fingerprint density at radius 2 is 0.860 bits per heavy atom. The van der Waals surface area contributed by atoms with Crippen molar-refractivity contribution in [3.63, 3.8) is 0 Å². The first kappa shape index (κ1) is 71.2. The van der Waals surface area contributed by atoms with Crippen molar-refractivity contribution in [2.24, 2.45) is 23.2 Å². The Kier molecular flexibility index (Phi) is 25.0. The predicted molar refractivity (Wildman–Crippen MR) is 316 cm³/mol. The molecule has 0 N–H and O–H groups in total. The van der Waals surface area contributed by atoms with E-state index in [1.807, 2.05) is 53.7 Å². The number of allylic oxidation sites excluding steroid dienone is 1. The van der Waals surface area contributed by atoms with Crippen molar-refractivity contribution in [1.82, 2.24) is 0 Å². The zero-order valence-corrected chi connectivity index (χ0v) is 53.8. The highest BCUT2D eigenvalue weighted by atomic mass is 16.7. The fourth-order valence-corrected chi connectivity index (χ4v) is 12.3. The molecule has 3 aliphatic heterocycles. The lowest BCUT2D eigenvalue weighted by Gasteiger charge is -2.56. The second-order valence-corrected chi connectivity index (χ2v) is 27.5. The molecule has 0 aromatic heterocycles. The molecule has 0 spiro atoms. The van der Waals surface area contributed by atoms with Crippen molar-refractivity contribution >= 4 is 47.4 Å². The monoisotopic (exact) mass is 1210 g/mol. The maximum atomic E-state index is 12.6. The van der Waals surface area contributed by atoms with E-state index in [-0.39, 0.29) is 99.5 Å². The first-order chi connectivity index (χ1) is 39.7. The molecule has 4 bridgehead atoms. The number of carbonyl (C=O) groups excluding carboxylic acids is 7. The lowest BCUT2D eigenvalue weighted by molar-refractivity contribution is -0.304. The third-order valence-corrected chi connectivity index (χ3v) is 14.9. The molecule has 7 aliphatic rings. The molecule has 86 heavy (non-hydrogen) atoms. The van der Waals surface area contributed by atoms with Gasteiger partial charge in [-0.15, -0.1) is 0 Å². The Balaban J connectivity index is 0.000000236. The molecule has 3 heterocycles. The van der Waals surface area contributed by atoms with Gasteiger partial charge in [-0.25, -0.2) is 19.2 Å². The van der Waals surface area contributed by atoms with E-state index in [4.69, 9.17) is 61.6 Å². The second-order valence-electron chi connectivity index (χ2n) is 27.5. The Hall–Kier alpha value is -5.51. The third-order valence-electron chi connectivity index (χ3n) is 14.9. The van der Waals surface area contributed by atoms with E-state index in [9.17, 15) is 33.6 Å². The summed E-state index contributed by atoms with van der Waals surface area (Å²) in [5, 5.41) is 0. The Labute approximate surface area is 509 Å². The molecule has 3 saturated heterocycles. The highest BCUT2D eigenvalue weighted by Gasteiger charge is 2.52. The van der Waals surface area contributed by atoms with Crippen molar-refractivity contribution in [3.05, 3.63) is 66.3 Å². The molecular weight excluding hydrogens is 1110 g/mol. The van der Waals surface area contributed by atoms with Crippen LogP contribution in [0.5, 0.6) is 0 Å². The molecule has 7 fully saturated rings. The van der Waals surface area contributed by atoms with Gasteiger partial charge in [0.25, 0.3) is 0 Å². The van der Waals surface area contributed by atoms with Crippen LogP contribution in [0.4, 0.5) is 0 Å². The average molecular weight is 1210 g/mol. The topological polar surface area (TPSA) is 239 Å². The van der Waals surface area contributed by atoms with Crippen LogP contribution in [0, 0.1) is 23.2 Å². The van der Waals surface area contributed by atoms with Crippen molar-refractivity contribution in [3.8, 4) is 0 Å². The molecule has 6 atom stereocenters. The molecule has 20 heteroatoms. The van der Waals surface area contributed by atoms with Gasteiger partial charge in [-0.3, -0.25) is 14.4 Å². The first-order valence-corrected chi connectivity index (χ1v) is 30.2. The SMILES string of the molecule is C=C(C)C(=O)OCC1CC(CC(=O)OCC23CC4CC(CC(C4)C2)C3)OC(C)(C)O1.C=C(C)C(=O)OCCOC(=O)C1CC(CC(=O)OC(C)(C)C)OC(C)(C)O1.C=C(C)c1ccc(C(=O)OCC2CC(CC(=O)OC(C)(C)C)OC(C)(C)O2)cc1. The summed E-state index contributed by atoms with van der Waals surface area (Å²) in [4.78, 5) is 84.3. The summed E-state index contributed by atoms with van der Waals surface area (Å²) in [6, 6.07) is 7.10. The van der Waals surface area contributed by atoms with Crippen LogP contribution in [-0.2, 0) is 90.3 Å². The summed E-state index contributed by atoms with van der Waals surface area (Å²) in [6.07, 6.45) is 6.43. The van der Waals surface area contributed by atoms with Gasteiger partial charge in [0.1, 0.15) is 37.6 Å². The van der Waals surface area contributed by atoms with Gasteiger partial charge in [-0.1, -0.05) is 37.4 Å². The molecule has 482 valence electrons. The summed E-state index contributed by atoms with van der Waals surface area (Å²) in [7, 11) is 0. The molecule has 4 aliphatic carbocycles. The van der Waals surface area contributed by atoms with Crippen LogP contribution in [0.25, 0.3) is 5.57 Å². The fraction of sp³-hybridized carbons (Fsp3) is 0.712. The number of hydrogen-bond acceptors (Lipinski definition) is 20. The normalized spacial score (nSPS) is 27.6. The largest absolute Gasteiger partial charge is 0.465 e. The molecule has 8 rings (SSSR count). The third kappa shape index (κ3) is 24.6. The van der Waals surface area contributed by atoms with E-state index < -0.39 is 70.6 Å². The molecule has 0 radical (unpaired) electrons. The highest BCUT2D eigenvalue weighted by Crippen LogP contribution is 2.60. The van der Waals surface area contributed by atoms with Crippen molar-refractivity contribution < 1.29 is 95.1 Å². The molecule has 1 aromatic rings. The van der Waals surface area contributed by atoms with Gasteiger partial charge in [-0.2, -0.15) is 0 Å². The maximum Gasteiger partial charge on any atom is 0.338 e. The quantitative estimate of drug-likeness (QED) is 0.0510. The van der Waals surface area contributed by atoms with Gasteiger partial charge in [-0.05, 0) is 178 Å². The standard InChI is InChI=1S/C24H36O6.C23H32O6.C19H30O8/c1-15(2)22(26)27-13-20-8-19(29-23(3,4)30-20)9-21(25)28-14-24-10-16-5-17(11-24)7-18(6-16)12-24;1-15(2)16-8-10-17(11-9-16)21(25)26-14-19-12-18(27-23(6,7)28-19)13-20(24)29-22(3,4)5;1-12(2)16(21)23-8-9-24-17(22)14-10-13(25-19(6,7)26-14)11-15(20)27-18(3,4)5/h16-20H,1,5-14H2,2-4H3;8-11,18-19H,1,12-14H2,2-7H3;13-14H,1,8-11H2,2-7H3. The predicted octanol–water partition coefficient (Wildman–Crippen LogP) is 11.0. The van der Waals surface area contributed by atoms with Gasteiger partial charge in [0.2, 0.25) is 0 Å². The molecule has 1 aromatic carbocycles. The van der Waals surface area contributed by atoms with Crippen LogP contribution in [0.1, 0.15) is 197 Å². The second kappa shape index (κ2) is 30.1. The summed E-state index contributed by atoms with van der Waals surface area (Å²) in [6.45, 7) is 37.9. The molecule has 20 nitrogen and oxygen atoms in total. The van der Waals surface area contributed by atoms with E-state index in [1.165, 1.54) is 45.4 Å². The Bertz CT molecular complexity index is 2530. The van der Waals surface area contributed by atoms with Crippen LogP contribution in [0.15, 0.2) is 55.1 Å². The Morgan fingerprint density at radius 1 is 0.477 bits per heavy atom. The Morgan fingerprint density at radius 3 is 1.30 bits per heavy atom. The van der Waals surface area contributed by atoms with Gasteiger partial charge < -0.3 is 61.6 Å². The number of rotatable bonds is 20. The average Bonchev–Trinajstić information content (AvgIpc) is 1.95. The maximum absolute atomic E-state index is 12.6. The smallest absolute Gasteiger partial charge is 0.338 e. The first-order valence-electron chi connectivity index (χ1n) is 30.2. The van der Waals surface area contributed by atoms with E-state index >= 15 is 0 Å². The number of benzene rings is 1. The summed E-state index contributed by atoms with van der Waals surface area (Å²) >= 11 is 0. The molecule has 4 saturated carbocycles. The van der Waals surface area contributed by atoms with Gasteiger partial charge in [0.15, 0.2) is 23.5 Å². The van der Waals surface area contributed by atoms with Crippen molar-refractivity contribution in [2.45, 2.75) is 246 Å². The number of hydrogen-bond donors (Lipinski definition) is 0. The van der Waals surface area contributed by atoms with Gasteiger partial charge >= 0.3 is 41.8 Å².